The van der Waals surface area contributed by atoms with Crippen LogP contribution in [0, 0.1) is 35.0 Å². The molecule has 0 aromatic heterocycles. The van der Waals surface area contributed by atoms with Crippen molar-refractivity contribution in [3.8, 4) is 0 Å². The first-order valence-electron chi connectivity index (χ1n) is 10.5. The molecule has 2 nitrogen and oxygen atoms in total. The van der Waals surface area contributed by atoms with E-state index in [1.807, 2.05) is 0 Å². The Morgan fingerprint density at radius 3 is 2.74 bits per heavy atom. The van der Waals surface area contributed by atoms with Crippen molar-refractivity contribution in [3.63, 3.8) is 0 Å². The summed E-state index contributed by atoms with van der Waals surface area (Å²) in [5, 5.41) is 0. The molecule has 0 N–H and O–H groups in total. The third kappa shape index (κ3) is 3.81. The summed E-state index contributed by atoms with van der Waals surface area (Å²) in [6.45, 7) is 11.1. The number of aldehydes is 1. The van der Waals surface area contributed by atoms with Gasteiger partial charge in [0.2, 0.25) is 0 Å². The first kappa shape index (κ1) is 20.0. The van der Waals surface area contributed by atoms with Crippen LogP contribution in [0.4, 0.5) is 0 Å². The minimum absolute atomic E-state index is 0.130. The zero-order valence-corrected chi connectivity index (χ0v) is 17.5. The van der Waals surface area contributed by atoms with Crippen molar-refractivity contribution in [3.05, 3.63) is 47.1 Å². The molecule has 0 radical (unpaired) electrons. The van der Waals surface area contributed by atoms with Gasteiger partial charge in [0.25, 0.3) is 0 Å². The van der Waals surface area contributed by atoms with Gasteiger partial charge in [-0.15, -0.1) is 0 Å². The highest BCUT2D eigenvalue weighted by molar-refractivity contribution is 6.01. The number of hydrogen-bond donors (Lipinski definition) is 0. The molecule has 0 spiro atoms. The van der Waals surface area contributed by atoms with Crippen LogP contribution in [0.3, 0.4) is 0 Å². The molecule has 0 aliphatic heterocycles. The van der Waals surface area contributed by atoms with Gasteiger partial charge in [0.15, 0.2) is 5.78 Å². The summed E-state index contributed by atoms with van der Waals surface area (Å²) in [7, 11) is 0. The largest absolute Gasteiger partial charge is 0.298 e. The second-order valence-corrected chi connectivity index (χ2v) is 9.59. The van der Waals surface area contributed by atoms with Crippen molar-refractivity contribution in [1.29, 1.82) is 0 Å². The number of ketones is 1. The van der Waals surface area contributed by atoms with Crippen molar-refractivity contribution >= 4 is 12.1 Å². The molecule has 0 aromatic carbocycles. The highest BCUT2D eigenvalue weighted by Gasteiger charge is 2.50. The molecule has 2 heteroatoms. The Bertz CT molecular complexity index is 731. The maximum Gasteiger partial charge on any atom is 0.163 e. The van der Waals surface area contributed by atoms with Crippen molar-refractivity contribution in [1.82, 2.24) is 0 Å². The lowest BCUT2D eigenvalue weighted by Crippen LogP contribution is -2.34. The molecular formula is C25H34O2. The van der Waals surface area contributed by atoms with Gasteiger partial charge in [-0.05, 0) is 87.2 Å². The summed E-state index contributed by atoms with van der Waals surface area (Å²) in [6.07, 6.45) is 16.0. The van der Waals surface area contributed by atoms with E-state index in [1.165, 1.54) is 24.0 Å². The zero-order chi connectivity index (χ0) is 19.8. The molecule has 0 aromatic rings. The van der Waals surface area contributed by atoms with E-state index in [2.05, 4.69) is 58.9 Å². The van der Waals surface area contributed by atoms with Crippen LogP contribution in [0.25, 0.3) is 0 Å². The fourth-order valence-corrected chi connectivity index (χ4v) is 5.88. The SMILES string of the molecule is CC(C)=C/C=C/[C@H](C)[C@H]1CC[C@]2(C)C[C@@H]3C(C)=CC(=O)[C@@H]3/C(C=O)=C\C[C@@H]12. The van der Waals surface area contributed by atoms with Crippen LogP contribution in [0.2, 0.25) is 0 Å². The Kier molecular flexibility index (Phi) is 5.74. The van der Waals surface area contributed by atoms with E-state index in [4.69, 9.17) is 0 Å². The van der Waals surface area contributed by atoms with Gasteiger partial charge < -0.3 is 0 Å². The Labute approximate surface area is 164 Å². The van der Waals surface area contributed by atoms with E-state index in [0.717, 1.165) is 24.7 Å². The minimum Gasteiger partial charge on any atom is -0.298 e. The van der Waals surface area contributed by atoms with E-state index in [0.29, 0.717) is 17.8 Å². The molecule has 3 aliphatic rings. The molecule has 0 unspecified atom stereocenters. The average Bonchev–Trinajstić information content (AvgIpc) is 3.04. The Balaban J connectivity index is 1.90. The predicted octanol–water partition coefficient (Wildman–Crippen LogP) is 5.86. The quantitative estimate of drug-likeness (QED) is 0.461. The summed E-state index contributed by atoms with van der Waals surface area (Å²) in [5.41, 5.74) is 3.45. The number of rotatable bonds is 4. The molecule has 3 aliphatic carbocycles. The highest BCUT2D eigenvalue weighted by Crippen LogP contribution is 2.58. The molecule has 146 valence electrons. The lowest BCUT2D eigenvalue weighted by Gasteiger charge is -2.40. The zero-order valence-electron chi connectivity index (χ0n) is 17.5. The van der Waals surface area contributed by atoms with Gasteiger partial charge in [0.05, 0.1) is 5.92 Å². The first-order valence-corrected chi connectivity index (χ1v) is 10.5. The number of fused-ring (bicyclic) bond motifs is 2. The average molecular weight is 367 g/mol. The third-order valence-electron chi connectivity index (χ3n) is 7.43. The molecule has 0 saturated heterocycles. The van der Waals surface area contributed by atoms with Crippen LogP contribution in [-0.2, 0) is 9.59 Å². The van der Waals surface area contributed by atoms with Gasteiger partial charge in [0.1, 0.15) is 6.29 Å². The van der Waals surface area contributed by atoms with Crippen LogP contribution >= 0.6 is 0 Å². The predicted molar refractivity (Wildman–Crippen MR) is 111 cm³/mol. The molecule has 6 atom stereocenters. The smallest absolute Gasteiger partial charge is 0.163 e. The van der Waals surface area contributed by atoms with Crippen LogP contribution < -0.4 is 0 Å². The molecule has 0 bridgehead atoms. The van der Waals surface area contributed by atoms with Gasteiger partial charge in [-0.3, -0.25) is 9.59 Å². The monoisotopic (exact) mass is 366 g/mol. The number of carbonyl (C=O) groups is 2. The molecule has 0 amide bonds. The summed E-state index contributed by atoms with van der Waals surface area (Å²) in [5.74, 6) is 1.84. The van der Waals surface area contributed by atoms with Crippen molar-refractivity contribution in [2.75, 3.05) is 0 Å². The Morgan fingerprint density at radius 1 is 1.33 bits per heavy atom. The van der Waals surface area contributed by atoms with Gasteiger partial charge >= 0.3 is 0 Å². The van der Waals surface area contributed by atoms with Gasteiger partial charge in [-0.25, -0.2) is 0 Å². The molecular weight excluding hydrogens is 332 g/mol. The lowest BCUT2D eigenvalue weighted by molar-refractivity contribution is -0.119. The molecule has 1 fully saturated rings. The Morgan fingerprint density at radius 2 is 2.07 bits per heavy atom. The van der Waals surface area contributed by atoms with Crippen LogP contribution in [0.15, 0.2) is 47.1 Å². The third-order valence-corrected chi connectivity index (χ3v) is 7.43. The van der Waals surface area contributed by atoms with E-state index < -0.39 is 0 Å². The summed E-state index contributed by atoms with van der Waals surface area (Å²) in [4.78, 5) is 24.3. The summed E-state index contributed by atoms with van der Waals surface area (Å²) < 4.78 is 0. The normalized spacial score (nSPS) is 38.9. The van der Waals surface area contributed by atoms with Gasteiger partial charge in [-0.1, -0.05) is 49.3 Å². The second-order valence-electron chi connectivity index (χ2n) is 9.59. The minimum atomic E-state index is -0.227. The van der Waals surface area contributed by atoms with Crippen LogP contribution in [-0.4, -0.2) is 12.1 Å². The Hall–Kier alpha value is -1.70. The number of carbonyl (C=O) groups excluding carboxylic acids is 2. The molecule has 1 saturated carbocycles. The van der Waals surface area contributed by atoms with Crippen molar-refractivity contribution in [2.45, 2.75) is 60.3 Å². The maximum atomic E-state index is 12.5. The van der Waals surface area contributed by atoms with E-state index in [9.17, 15) is 9.59 Å². The fourth-order valence-electron chi connectivity index (χ4n) is 5.88. The van der Waals surface area contributed by atoms with Crippen molar-refractivity contribution < 1.29 is 9.59 Å². The molecule has 3 rings (SSSR count). The van der Waals surface area contributed by atoms with Crippen LogP contribution in [0.1, 0.15) is 60.3 Å². The standard InChI is InChI=1S/C25H34O2/c1-16(2)7-6-8-17(3)20-11-12-25(5)14-21-18(4)13-23(27)24(21)19(15-26)9-10-22(20)25/h6-9,13,15,17,20-22,24H,10-12,14H2,1-5H3/b8-6+,19-9-/t17-,20+,21+,22-,24+,25+/m0/s1. The van der Waals surface area contributed by atoms with E-state index in [1.54, 1.807) is 6.08 Å². The maximum absolute atomic E-state index is 12.5. The number of allylic oxidation sites excluding steroid dienone is 8. The lowest BCUT2D eigenvalue weighted by atomic mass is 9.63. The topological polar surface area (TPSA) is 34.1 Å². The molecule has 0 heterocycles. The fraction of sp³-hybridized carbons (Fsp3) is 0.600. The first-order chi connectivity index (χ1) is 12.8. The summed E-state index contributed by atoms with van der Waals surface area (Å²) in [6, 6.07) is 0. The highest BCUT2D eigenvalue weighted by atomic mass is 16.1. The second kappa shape index (κ2) is 7.73. The van der Waals surface area contributed by atoms with Gasteiger partial charge in [-0.2, -0.15) is 0 Å². The van der Waals surface area contributed by atoms with E-state index in [-0.39, 0.29) is 23.0 Å². The van der Waals surface area contributed by atoms with Gasteiger partial charge in [0, 0.05) is 0 Å². The summed E-state index contributed by atoms with van der Waals surface area (Å²) >= 11 is 0. The van der Waals surface area contributed by atoms with Crippen molar-refractivity contribution in [2.24, 2.45) is 35.0 Å². The van der Waals surface area contributed by atoms with E-state index >= 15 is 0 Å². The molecule has 27 heavy (non-hydrogen) atoms. The van der Waals surface area contributed by atoms with Crippen LogP contribution in [0.5, 0.6) is 0 Å². The number of hydrogen-bond acceptors (Lipinski definition) is 2.